The summed E-state index contributed by atoms with van der Waals surface area (Å²) in [6, 6.07) is 11.0. The van der Waals surface area contributed by atoms with Gasteiger partial charge >= 0.3 is 6.03 Å². The summed E-state index contributed by atoms with van der Waals surface area (Å²) in [5.74, 6) is -0.311. The summed E-state index contributed by atoms with van der Waals surface area (Å²) < 4.78 is 36.4. The normalized spacial score (nSPS) is 31.3. The van der Waals surface area contributed by atoms with E-state index in [1.165, 1.54) is 17.2 Å². The van der Waals surface area contributed by atoms with Gasteiger partial charge in [-0.05, 0) is 92.4 Å². The van der Waals surface area contributed by atoms with E-state index in [-0.39, 0.29) is 28.3 Å². The highest BCUT2D eigenvalue weighted by Gasteiger charge is 2.44. The summed E-state index contributed by atoms with van der Waals surface area (Å²) in [4.78, 5) is 35.5. The van der Waals surface area contributed by atoms with Crippen LogP contribution in [0.1, 0.15) is 50.2 Å². The van der Waals surface area contributed by atoms with Crippen molar-refractivity contribution in [3.05, 3.63) is 52.5 Å². The van der Waals surface area contributed by atoms with Gasteiger partial charge in [-0.15, -0.1) is 0 Å². The average molecular weight is 670 g/mol. The van der Waals surface area contributed by atoms with Crippen LogP contribution in [0.4, 0.5) is 10.5 Å². The van der Waals surface area contributed by atoms with Crippen molar-refractivity contribution in [2.45, 2.75) is 61.8 Å². The van der Waals surface area contributed by atoms with Gasteiger partial charge in [0.25, 0.3) is 10.0 Å². The van der Waals surface area contributed by atoms with Gasteiger partial charge in [0.1, 0.15) is 5.75 Å². The van der Waals surface area contributed by atoms with Crippen molar-refractivity contribution in [3.63, 3.8) is 0 Å². The van der Waals surface area contributed by atoms with Gasteiger partial charge in [0, 0.05) is 62.7 Å². The molecule has 7 rings (SSSR count). The van der Waals surface area contributed by atoms with Gasteiger partial charge in [-0.2, -0.15) is 0 Å². The molecule has 1 spiro atoms. The lowest BCUT2D eigenvalue weighted by Crippen LogP contribution is -2.52. The molecule has 2 aromatic carbocycles. The first-order chi connectivity index (χ1) is 22.0. The number of fused-ring (bicyclic) bond motifs is 6. The Morgan fingerprint density at radius 2 is 1.85 bits per heavy atom. The fraction of sp³-hybridized carbons (Fsp3) is 0.588. The van der Waals surface area contributed by atoms with E-state index in [1.807, 2.05) is 29.8 Å². The number of likely N-dealkylation sites (N-methyl/N-ethyl adjacent to an activating group) is 1. The monoisotopic (exact) mass is 669 g/mol. The van der Waals surface area contributed by atoms with Gasteiger partial charge in [0.05, 0.1) is 23.2 Å². The number of rotatable bonds is 0. The molecule has 1 N–H and O–H groups in total. The third kappa shape index (κ3) is 5.83. The van der Waals surface area contributed by atoms with Gasteiger partial charge in [-0.1, -0.05) is 24.6 Å². The van der Waals surface area contributed by atoms with E-state index in [9.17, 15) is 18.0 Å². The molecule has 2 fully saturated rings. The number of hydrogen-bond donors (Lipinski definition) is 1. The van der Waals surface area contributed by atoms with E-state index in [0.29, 0.717) is 62.3 Å². The standard InChI is InChI=1S/C34H44ClN5O5S/c1-23-25-11-14-38(19-25)16-15-37(2)33(42)40-13-4-6-27(40)20-39-21-34(12-3-5-24-17-26(35)7-9-29(24)34)22-45-31-10-8-28(18-30(31)39)46(43,44)36-32(23)41/h7-10,17-18,23,25,27H,3-6,11-16,19-22H2,1-2H3,(H,36,41). The quantitative estimate of drug-likeness (QED) is 0.451. The molecule has 4 aliphatic heterocycles. The second kappa shape index (κ2) is 12.2. The van der Waals surface area contributed by atoms with E-state index < -0.39 is 21.8 Å². The molecular formula is C34H44ClN5O5S. The number of halogens is 1. The van der Waals surface area contributed by atoms with Crippen LogP contribution in [0.5, 0.6) is 5.75 Å². The maximum absolute atomic E-state index is 13.9. The number of carbonyl (C=O) groups is 2. The van der Waals surface area contributed by atoms with Gasteiger partial charge in [0.15, 0.2) is 0 Å². The van der Waals surface area contributed by atoms with E-state index in [1.54, 1.807) is 12.1 Å². The number of amides is 3. The van der Waals surface area contributed by atoms with Gasteiger partial charge < -0.3 is 24.3 Å². The first-order valence-electron chi connectivity index (χ1n) is 16.6. The summed E-state index contributed by atoms with van der Waals surface area (Å²) >= 11 is 6.42. The fourth-order valence-electron chi connectivity index (χ4n) is 8.37. The molecule has 2 aromatic rings. The molecule has 0 radical (unpaired) electrons. The van der Waals surface area contributed by atoms with Gasteiger partial charge in [-0.25, -0.2) is 17.9 Å². The molecule has 2 saturated heterocycles. The third-order valence-electron chi connectivity index (χ3n) is 11.1. The van der Waals surface area contributed by atoms with Crippen molar-refractivity contribution in [2.24, 2.45) is 11.8 Å². The van der Waals surface area contributed by atoms with Crippen molar-refractivity contribution in [1.29, 1.82) is 0 Å². The maximum Gasteiger partial charge on any atom is 0.320 e. The predicted octanol–water partition coefficient (Wildman–Crippen LogP) is 4.11. The first kappa shape index (κ1) is 31.6. The van der Waals surface area contributed by atoms with E-state index in [0.717, 1.165) is 45.1 Å². The van der Waals surface area contributed by atoms with Crippen molar-refractivity contribution in [3.8, 4) is 5.75 Å². The summed E-state index contributed by atoms with van der Waals surface area (Å²) in [6.07, 6.45) is 5.44. The van der Waals surface area contributed by atoms with Crippen molar-refractivity contribution in [2.75, 3.05) is 64.4 Å². The van der Waals surface area contributed by atoms with Crippen LogP contribution in [0.2, 0.25) is 5.02 Å². The second-order valence-corrected chi connectivity index (χ2v) is 16.2. The molecule has 46 heavy (non-hydrogen) atoms. The number of hydrogen-bond acceptors (Lipinski definition) is 7. The molecule has 5 aliphatic rings. The molecule has 10 nitrogen and oxygen atoms in total. The third-order valence-corrected chi connectivity index (χ3v) is 12.7. The molecule has 5 atom stereocenters. The summed E-state index contributed by atoms with van der Waals surface area (Å²) in [6.45, 7) is 6.92. The molecule has 4 bridgehead atoms. The zero-order valence-electron chi connectivity index (χ0n) is 26.7. The number of benzene rings is 2. The Kier molecular flexibility index (Phi) is 8.38. The van der Waals surface area contributed by atoms with Crippen LogP contribution in [0.15, 0.2) is 41.3 Å². The largest absolute Gasteiger partial charge is 0.490 e. The van der Waals surface area contributed by atoms with Crippen molar-refractivity contribution in [1.82, 2.24) is 19.4 Å². The van der Waals surface area contributed by atoms with Crippen LogP contribution in [0, 0.1) is 11.8 Å². The molecule has 3 amide bonds. The zero-order valence-corrected chi connectivity index (χ0v) is 28.3. The molecule has 12 heteroatoms. The number of sulfonamides is 1. The number of aryl methyl sites for hydroxylation is 1. The topological polar surface area (TPSA) is 102 Å². The summed E-state index contributed by atoms with van der Waals surface area (Å²) in [5, 5.41) is 0.713. The molecule has 5 unspecified atom stereocenters. The number of nitrogens with one attached hydrogen (secondary N) is 1. The van der Waals surface area contributed by atoms with Gasteiger partial charge in [-0.3, -0.25) is 4.79 Å². The van der Waals surface area contributed by atoms with Crippen molar-refractivity contribution < 1.29 is 22.7 Å². The van der Waals surface area contributed by atoms with Crippen LogP contribution in [0.25, 0.3) is 0 Å². The molecule has 0 saturated carbocycles. The zero-order chi connectivity index (χ0) is 32.2. The van der Waals surface area contributed by atoms with E-state index >= 15 is 0 Å². The highest BCUT2D eigenvalue weighted by molar-refractivity contribution is 7.90. The minimum Gasteiger partial charge on any atom is -0.490 e. The average Bonchev–Trinajstić information content (AvgIpc) is 3.67. The highest BCUT2D eigenvalue weighted by Crippen LogP contribution is 2.45. The van der Waals surface area contributed by atoms with Crippen LogP contribution in [-0.4, -0.2) is 101 Å². The lowest BCUT2D eigenvalue weighted by atomic mass is 9.70. The Morgan fingerprint density at radius 3 is 2.70 bits per heavy atom. The Morgan fingerprint density at radius 1 is 1.00 bits per heavy atom. The first-order valence-corrected chi connectivity index (χ1v) is 18.5. The second-order valence-electron chi connectivity index (χ2n) is 14.0. The molecule has 248 valence electrons. The molecular weight excluding hydrogens is 626 g/mol. The number of ether oxygens (including phenoxy) is 1. The van der Waals surface area contributed by atoms with Crippen LogP contribution >= 0.6 is 11.6 Å². The summed E-state index contributed by atoms with van der Waals surface area (Å²) in [7, 11) is -2.26. The van der Waals surface area contributed by atoms with E-state index in [4.69, 9.17) is 16.3 Å². The Bertz CT molecular complexity index is 1640. The summed E-state index contributed by atoms with van der Waals surface area (Å²) in [5.41, 5.74) is 2.77. The minimum absolute atomic E-state index is 0.0282. The predicted molar refractivity (Wildman–Crippen MR) is 177 cm³/mol. The number of carbonyl (C=O) groups excluding carboxylic acids is 2. The van der Waals surface area contributed by atoms with Crippen LogP contribution in [0.3, 0.4) is 0 Å². The maximum atomic E-state index is 13.9. The number of nitrogens with zero attached hydrogens (tertiary/aromatic N) is 4. The van der Waals surface area contributed by atoms with Crippen molar-refractivity contribution >= 4 is 39.2 Å². The minimum atomic E-state index is -4.14. The lowest BCUT2D eigenvalue weighted by Gasteiger charge is -2.42. The fourth-order valence-corrected chi connectivity index (χ4v) is 9.65. The van der Waals surface area contributed by atoms with E-state index in [2.05, 4.69) is 26.7 Å². The number of urea groups is 1. The lowest BCUT2D eigenvalue weighted by molar-refractivity contribution is -0.124. The van der Waals surface area contributed by atoms with Crippen LogP contribution < -0.4 is 14.4 Å². The Labute approximate surface area is 277 Å². The SMILES string of the molecule is CC1C(=O)NS(=O)(=O)c2ccc3c(c2)N(CC2CCCN2C(=O)N(C)CCN2CCC1C2)CC1(CCCc2cc(Cl)ccc21)CO3. The smallest absolute Gasteiger partial charge is 0.320 e. The Hall–Kier alpha value is -3.02. The highest BCUT2D eigenvalue weighted by atomic mass is 35.5. The van der Waals surface area contributed by atoms with Gasteiger partial charge in [0.2, 0.25) is 5.91 Å². The molecule has 0 aromatic heterocycles. The molecule has 4 heterocycles. The van der Waals surface area contributed by atoms with Crippen LogP contribution in [-0.2, 0) is 26.7 Å². The number of anilines is 1. The molecule has 1 aliphatic carbocycles. The Balaban J connectivity index is 1.30.